The molecule has 3 unspecified atom stereocenters. The highest BCUT2D eigenvalue weighted by atomic mass is 79.9. The molecule has 3 atom stereocenters. The second kappa shape index (κ2) is 6.66. The van der Waals surface area contributed by atoms with Gasteiger partial charge in [0.2, 0.25) is 0 Å². The van der Waals surface area contributed by atoms with Crippen LogP contribution in [0.3, 0.4) is 0 Å². The Bertz CT molecular complexity index is 380. The summed E-state index contributed by atoms with van der Waals surface area (Å²) in [6, 6.07) is 8.18. The van der Waals surface area contributed by atoms with E-state index >= 15 is 0 Å². The van der Waals surface area contributed by atoms with Crippen molar-refractivity contribution >= 4 is 15.9 Å². The van der Waals surface area contributed by atoms with E-state index in [0.717, 1.165) is 29.7 Å². The maximum absolute atomic E-state index is 10.1. The number of rotatable bonds is 5. The number of ether oxygens (including phenoxy) is 1. The predicted octanol–water partition coefficient (Wildman–Crippen LogP) is 2.50. The van der Waals surface area contributed by atoms with Crippen molar-refractivity contribution < 1.29 is 9.84 Å². The van der Waals surface area contributed by atoms with Gasteiger partial charge in [0, 0.05) is 23.7 Å². The molecule has 2 N–H and O–H groups in total. The summed E-state index contributed by atoms with van der Waals surface area (Å²) >= 11 is 3.42. The molecule has 0 saturated carbocycles. The van der Waals surface area contributed by atoms with Crippen LogP contribution in [-0.4, -0.2) is 30.9 Å². The molecular formula is C14H20BrNO2. The third kappa shape index (κ3) is 3.79. The van der Waals surface area contributed by atoms with Crippen LogP contribution in [-0.2, 0) is 4.74 Å². The Hall–Kier alpha value is -0.420. The highest BCUT2D eigenvalue weighted by molar-refractivity contribution is 9.10. The number of nitrogens with one attached hydrogen (secondary N) is 1. The lowest BCUT2D eigenvalue weighted by molar-refractivity contribution is 0.156. The standard InChI is InChI=1S/C14H20BrNO2/c1-10(12-5-6-18-9-12)16-8-14(17)11-3-2-4-13(15)7-11/h2-4,7,10,12,14,16-17H,5-6,8-9H2,1H3. The molecule has 0 spiro atoms. The minimum atomic E-state index is -0.465. The summed E-state index contributed by atoms with van der Waals surface area (Å²) in [5, 5.41) is 13.5. The zero-order valence-corrected chi connectivity index (χ0v) is 12.2. The molecule has 0 bridgehead atoms. The molecule has 1 fully saturated rings. The minimum Gasteiger partial charge on any atom is -0.387 e. The van der Waals surface area contributed by atoms with E-state index in [1.54, 1.807) is 0 Å². The van der Waals surface area contributed by atoms with Gasteiger partial charge in [-0.05, 0) is 37.0 Å². The van der Waals surface area contributed by atoms with Crippen molar-refractivity contribution in [1.29, 1.82) is 0 Å². The number of hydrogen-bond donors (Lipinski definition) is 2. The molecule has 2 rings (SSSR count). The lowest BCUT2D eigenvalue weighted by Gasteiger charge is -2.21. The highest BCUT2D eigenvalue weighted by Gasteiger charge is 2.22. The molecule has 0 aliphatic carbocycles. The van der Waals surface area contributed by atoms with E-state index in [4.69, 9.17) is 4.74 Å². The molecule has 100 valence electrons. The second-order valence-electron chi connectivity index (χ2n) is 4.89. The van der Waals surface area contributed by atoms with E-state index in [2.05, 4.69) is 28.2 Å². The van der Waals surface area contributed by atoms with Crippen molar-refractivity contribution in [3.63, 3.8) is 0 Å². The number of aliphatic hydroxyl groups excluding tert-OH is 1. The van der Waals surface area contributed by atoms with E-state index < -0.39 is 6.10 Å². The lowest BCUT2D eigenvalue weighted by atomic mass is 10.0. The SMILES string of the molecule is CC(NCC(O)c1cccc(Br)c1)C1CCOC1. The Morgan fingerprint density at radius 3 is 3.06 bits per heavy atom. The van der Waals surface area contributed by atoms with Crippen LogP contribution in [0.4, 0.5) is 0 Å². The maximum atomic E-state index is 10.1. The van der Waals surface area contributed by atoms with Gasteiger partial charge in [0.1, 0.15) is 0 Å². The topological polar surface area (TPSA) is 41.5 Å². The van der Waals surface area contributed by atoms with E-state index in [1.807, 2.05) is 24.3 Å². The van der Waals surface area contributed by atoms with Crippen molar-refractivity contribution in [2.24, 2.45) is 5.92 Å². The van der Waals surface area contributed by atoms with Gasteiger partial charge in [0.15, 0.2) is 0 Å². The Labute approximate surface area is 117 Å². The molecule has 0 radical (unpaired) electrons. The van der Waals surface area contributed by atoms with Gasteiger partial charge < -0.3 is 15.2 Å². The predicted molar refractivity (Wildman–Crippen MR) is 75.5 cm³/mol. The first kappa shape index (κ1) is 14.0. The molecule has 0 amide bonds. The molecule has 1 saturated heterocycles. The third-order valence-corrected chi connectivity index (χ3v) is 4.03. The third-order valence-electron chi connectivity index (χ3n) is 3.54. The summed E-state index contributed by atoms with van der Waals surface area (Å²) in [5.41, 5.74) is 0.937. The van der Waals surface area contributed by atoms with E-state index in [9.17, 15) is 5.11 Å². The van der Waals surface area contributed by atoms with Crippen LogP contribution >= 0.6 is 15.9 Å². The number of aliphatic hydroxyl groups is 1. The normalized spacial score (nSPS) is 22.9. The fourth-order valence-corrected chi connectivity index (χ4v) is 2.66. The smallest absolute Gasteiger partial charge is 0.0914 e. The molecule has 18 heavy (non-hydrogen) atoms. The van der Waals surface area contributed by atoms with Crippen LogP contribution in [0.15, 0.2) is 28.7 Å². The fraction of sp³-hybridized carbons (Fsp3) is 0.571. The van der Waals surface area contributed by atoms with Gasteiger partial charge >= 0.3 is 0 Å². The van der Waals surface area contributed by atoms with Gasteiger partial charge in [-0.25, -0.2) is 0 Å². The van der Waals surface area contributed by atoms with Crippen LogP contribution in [0.25, 0.3) is 0 Å². The highest BCUT2D eigenvalue weighted by Crippen LogP contribution is 2.19. The second-order valence-corrected chi connectivity index (χ2v) is 5.81. The molecule has 1 aliphatic rings. The Kier molecular flexibility index (Phi) is 5.18. The first-order valence-corrected chi connectivity index (χ1v) is 7.21. The lowest BCUT2D eigenvalue weighted by Crippen LogP contribution is -2.36. The Morgan fingerprint density at radius 1 is 1.56 bits per heavy atom. The quantitative estimate of drug-likeness (QED) is 0.877. The monoisotopic (exact) mass is 313 g/mol. The number of benzene rings is 1. The fourth-order valence-electron chi connectivity index (χ4n) is 2.24. The minimum absolute atomic E-state index is 0.384. The molecule has 1 aliphatic heterocycles. The van der Waals surface area contributed by atoms with Crippen molar-refractivity contribution in [2.75, 3.05) is 19.8 Å². The van der Waals surface area contributed by atoms with Crippen molar-refractivity contribution in [3.05, 3.63) is 34.3 Å². The Balaban J connectivity index is 1.82. The summed E-state index contributed by atoms with van der Waals surface area (Å²) in [4.78, 5) is 0. The number of halogens is 1. The molecular weight excluding hydrogens is 294 g/mol. The summed E-state index contributed by atoms with van der Waals surface area (Å²) in [6.07, 6.45) is 0.647. The van der Waals surface area contributed by atoms with Crippen LogP contribution in [0.1, 0.15) is 25.0 Å². The summed E-state index contributed by atoms with van der Waals surface area (Å²) in [5.74, 6) is 0.569. The van der Waals surface area contributed by atoms with E-state index in [1.165, 1.54) is 0 Å². The van der Waals surface area contributed by atoms with Crippen LogP contribution < -0.4 is 5.32 Å². The van der Waals surface area contributed by atoms with Gasteiger partial charge in [-0.15, -0.1) is 0 Å². The van der Waals surface area contributed by atoms with E-state index in [0.29, 0.717) is 18.5 Å². The Morgan fingerprint density at radius 2 is 2.39 bits per heavy atom. The first-order chi connectivity index (χ1) is 8.66. The summed E-state index contributed by atoms with van der Waals surface area (Å²) in [7, 11) is 0. The average molecular weight is 314 g/mol. The first-order valence-electron chi connectivity index (χ1n) is 6.41. The average Bonchev–Trinajstić information content (AvgIpc) is 2.89. The summed E-state index contributed by atoms with van der Waals surface area (Å²) in [6.45, 7) is 4.44. The van der Waals surface area contributed by atoms with Gasteiger partial charge in [0.05, 0.1) is 12.7 Å². The van der Waals surface area contributed by atoms with Crippen LogP contribution in [0.2, 0.25) is 0 Å². The van der Waals surface area contributed by atoms with Gasteiger partial charge in [-0.1, -0.05) is 28.1 Å². The van der Waals surface area contributed by atoms with E-state index in [-0.39, 0.29) is 0 Å². The zero-order valence-electron chi connectivity index (χ0n) is 10.6. The van der Waals surface area contributed by atoms with Crippen LogP contribution in [0.5, 0.6) is 0 Å². The summed E-state index contributed by atoms with van der Waals surface area (Å²) < 4.78 is 6.37. The molecule has 1 aromatic rings. The zero-order chi connectivity index (χ0) is 13.0. The van der Waals surface area contributed by atoms with Crippen molar-refractivity contribution in [1.82, 2.24) is 5.32 Å². The molecule has 3 nitrogen and oxygen atoms in total. The molecule has 1 aromatic carbocycles. The van der Waals surface area contributed by atoms with Crippen LogP contribution in [0, 0.1) is 5.92 Å². The largest absolute Gasteiger partial charge is 0.387 e. The molecule has 0 aromatic heterocycles. The number of hydrogen-bond acceptors (Lipinski definition) is 3. The van der Waals surface area contributed by atoms with Crippen molar-refractivity contribution in [2.45, 2.75) is 25.5 Å². The molecule has 1 heterocycles. The molecule has 4 heteroatoms. The maximum Gasteiger partial charge on any atom is 0.0914 e. The van der Waals surface area contributed by atoms with Crippen molar-refractivity contribution in [3.8, 4) is 0 Å². The van der Waals surface area contributed by atoms with Gasteiger partial charge in [-0.3, -0.25) is 0 Å². The van der Waals surface area contributed by atoms with Gasteiger partial charge in [0.25, 0.3) is 0 Å². The van der Waals surface area contributed by atoms with Gasteiger partial charge in [-0.2, -0.15) is 0 Å².